The summed E-state index contributed by atoms with van der Waals surface area (Å²) < 4.78 is 40.3. The number of hydrogen-bond donors (Lipinski definition) is 3. The lowest BCUT2D eigenvalue weighted by atomic mass is 9.86. The number of carbonyl (C=O) groups is 4. The molecule has 3 N–H and O–H groups in total. The molecule has 3 heterocycles. The molecule has 2 aromatic rings. The molecule has 0 spiro atoms. The van der Waals surface area contributed by atoms with E-state index < -0.39 is 68.2 Å². The Morgan fingerprint density at radius 3 is 2.53 bits per heavy atom. The number of para-hydroxylation sites is 1. The maximum absolute atomic E-state index is 14.8. The van der Waals surface area contributed by atoms with Gasteiger partial charge in [0.15, 0.2) is 11.3 Å². The summed E-state index contributed by atoms with van der Waals surface area (Å²) in [7, 11) is -3.90. The molecule has 4 aliphatic carbocycles. The van der Waals surface area contributed by atoms with E-state index in [0.717, 1.165) is 44.9 Å². The number of carbonyl (C=O) groups excluding carboxylic acids is 4. The van der Waals surface area contributed by atoms with Crippen LogP contribution in [0.1, 0.15) is 89.5 Å². The van der Waals surface area contributed by atoms with Crippen LogP contribution in [0.25, 0.3) is 10.9 Å². The van der Waals surface area contributed by atoms with Crippen molar-refractivity contribution >= 4 is 44.6 Å². The van der Waals surface area contributed by atoms with E-state index in [1.807, 2.05) is 25.1 Å². The van der Waals surface area contributed by atoms with E-state index >= 15 is 0 Å². The average molecular weight is 775 g/mol. The van der Waals surface area contributed by atoms with Crippen LogP contribution in [0.15, 0.2) is 53.9 Å². The highest BCUT2D eigenvalue weighted by molar-refractivity contribution is 7.91. The summed E-state index contributed by atoms with van der Waals surface area (Å²) in [5, 5.41) is 2.72. The maximum atomic E-state index is 14.8. The number of aromatic amines is 1. The summed E-state index contributed by atoms with van der Waals surface area (Å²) in [5.41, 5.74) is -1.32. The van der Waals surface area contributed by atoms with Crippen molar-refractivity contribution in [2.75, 3.05) is 6.54 Å². The lowest BCUT2D eigenvalue weighted by Crippen LogP contribution is -2.57. The van der Waals surface area contributed by atoms with Gasteiger partial charge in [0.2, 0.25) is 21.8 Å². The van der Waals surface area contributed by atoms with Crippen molar-refractivity contribution in [1.29, 1.82) is 0 Å². The summed E-state index contributed by atoms with van der Waals surface area (Å²) in [6.07, 6.45) is 11.7. The Kier molecular flexibility index (Phi) is 9.70. The number of hydrogen-bond acceptors (Lipinski definition) is 9. The summed E-state index contributed by atoms with van der Waals surface area (Å²) in [5.74, 6) is -3.15. The van der Waals surface area contributed by atoms with Gasteiger partial charge in [0.05, 0.1) is 35.2 Å². The molecule has 4 saturated carbocycles. The summed E-state index contributed by atoms with van der Waals surface area (Å²) in [6, 6.07) is 6.06. The van der Waals surface area contributed by atoms with Crippen LogP contribution < -0.4 is 20.2 Å². The second kappa shape index (κ2) is 14.2. The lowest BCUT2D eigenvalue weighted by molar-refractivity contribution is -0.157. The van der Waals surface area contributed by atoms with E-state index in [1.165, 1.54) is 11.0 Å². The molecular formula is C41H50N4O9S. The highest BCUT2D eigenvalue weighted by atomic mass is 32.2. The zero-order valence-corrected chi connectivity index (χ0v) is 32.0. The van der Waals surface area contributed by atoms with E-state index in [1.54, 1.807) is 18.2 Å². The average Bonchev–Trinajstić information content (AvgIpc) is 4.11. The van der Waals surface area contributed by atoms with Crippen LogP contribution in [-0.2, 0) is 40.4 Å². The van der Waals surface area contributed by atoms with Gasteiger partial charge in [-0.15, -0.1) is 6.58 Å². The summed E-state index contributed by atoms with van der Waals surface area (Å²) in [6.45, 7) is 5.72. The molecule has 0 radical (unpaired) electrons. The van der Waals surface area contributed by atoms with Gasteiger partial charge in [-0.2, -0.15) is 0 Å². The molecular weight excluding hydrogens is 725 g/mol. The second-order valence-corrected chi connectivity index (χ2v) is 18.7. The van der Waals surface area contributed by atoms with E-state index in [2.05, 4.69) is 21.6 Å². The van der Waals surface area contributed by atoms with Gasteiger partial charge in [0, 0.05) is 23.6 Å². The third-order valence-corrected chi connectivity index (χ3v) is 14.7. The number of fused-ring (bicyclic) bond motifs is 5. The molecule has 0 unspecified atom stereocenters. The number of sulfonamides is 1. The van der Waals surface area contributed by atoms with Gasteiger partial charge in [0.1, 0.15) is 23.3 Å². The topological polar surface area (TPSA) is 181 Å². The fourth-order valence-electron chi connectivity index (χ4n) is 9.19. The highest BCUT2D eigenvalue weighted by Crippen LogP contribution is 2.50. The Bertz CT molecular complexity index is 2120. The Morgan fingerprint density at radius 1 is 1.04 bits per heavy atom. The van der Waals surface area contributed by atoms with Gasteiger partial charge in [-0.25, -0.2) is 8.42 Å². The SMILES string of the molecule is C=C[C@@H]1C[C@]1(NC(=O)[C@@H]1C[C@@H]2CN1C(=O)[C@H](C1CCCC1)CC(=O)O[C@@]1(C)C[C@@H]1CC/C=C/Cc1c([nH]c3ccccc3c1=O)O2)C(=O)NS(=O)(=O)C1CC1. The number of benzene rings is 1. The molecule has 5 fully saturated rings. The van der Waals surface area contributed by atoms with Gasteiger partial charge in [-0.3, -0.25) is 28.7 Å². The molecule has 8 rings (SSSR count). The Balaban J connectivity index is 1.14. The number of allylic oxidation sites excluding steroid dienone is 2. The standard InChI is InChI=1S/C41H50N4O9S/c1-3-25-22-41(25,39(50)44-55(51,52)28-17-18-28)43-36(48)33-19-27-23-45(33)38(49)31(24-11-7-8-12-24)20-34(46)54-40(2)21-26(40)13-5-4-6-15-30-35(47)29-14-9-10-16-32(29)42-37(30)53-27/h3-4,6,9-10,14,16,24-28,31,33H,1,5,7-8,11-13,15,17-23H2,2H3,(H,42,47)(H,43,48)(H,44,50)/b6-4+/t25-,26+,27-,31+,33+,40+,41-/m1/s1. The number of rotatable bonds is 7. The Labute approximate surface area is 320 Å². The number of esters is 1. The van der Waals surface area contributed by atoms with Crippen molar-refractivity contribution in [3.8, 4) is 5.88 Å². The smallest absolute Gasteiger partial charge is 0.307 e. The van der Waals surface area contributed by atoms with Crippen molar-refractivity contribution in [3.63, 3.8) is 0 Å². The van der Waals surface area contributed by atoms with Crippen LogP contribution in [-0.4, -0.2) is 77.1 Å². The molecule has 3 amide bonds. The van der Waals surface area contributed by atoms with Gasteiger partial charge >= 0.3 is 5.97 Å². The van der Waals surface area contributed by atoms with Crippen LogP contribution in [0, 0.1) is 23.7 Å². The third-order valence-electron chi connectivity index (χ3n) is 12.9. The monoisotopic (exact) mass is 774 g/mol. The molecule has 7 atom stereocenters. The first kappa shape index (κ1) is 37.5. The largest absolute Gasteiger partial charge is 0.473 e. The van der Waals surface area contributed by atoms with E-state index in [-0.39, 0.29) is 54.9 Å². The van der Waals surface area contributed by atoms with E-state index in [4.69, 9.17) is 9.47 Å². The second-order valence-electron chi connectivity index (χ2n) is 16.8. The number of H-pyrrole nitrogens is 1. The lowest BCUT2D eigenvalue weighted by Gasteiger charge is -2.31. The predicted molar refractivity (Wildman–Crippen MR) is 203 cm³/mol. The fraction of sp³-hybridized carbons (Fsp3) is 0.585. The van der Waals surface area contributed by atoms with Gasteiger partial charge < -0.3 is 24.7 Å². The van der Waals surface area contributed by atoms with Crippen molar-refractivity contribution < 1.29 is 37.1 Å². The number of ether oxygens (including phenoxy) is 2. The molecule has 13 nitrogen and oxygen atoms in total. The highest BCUT2D eigenvalue weighted by Gasteiger charge is 2.62. The van der Waals surface area contributed by atoms with E-state index in [9.17, 15) is 32.4 Å². The van der Waals surface area contributed by atoms with Crippen molar-refractivity contribution in [1.82, 2.24) is 19.9 Å². The Hall–Kier alpha value is -4.46. The first-order chi connectivity index (χ1) is 26.3. The number of aromatic nitrogens is 1. The Morgan fingerprint density at radius 2 is 1.80 bits per heavy atom. The molecule has 14 heteroatoms. The molecule has 55 heavy (non-hydrogen) atoms. The summed E-state index contributed by atoms with van der Waals surface area (Å²) in [4.78, 5) is 75.1. The zero-order chi connectivity index (χ0) is 38.7. The number of amides is 3. The number of pyridine rings is 1. The van der Waals surface area contributed by atoms with Crippen LogP contribution in [0.2, 0.25) is 0 Å². The molecule has 294 valence electrons. The van der Waals surface area contributed by atoms with Crippen LogP contribution in [0.3, 0.4) is 0 Å². The minimum absolute atomic E-state index is 0.0146. The fourth-order valence-corrected chi connectivity index (χ4v) is 10.6. The minimum Gasteiger partial charge on any atom is -0.473 e. The molecule has 6 aliphatic rings. The van der Waals surface area contributed by atoms with Gasteiger partial charge in [0.25, 0.3) is 5.91 Å². The molecule has 1 saturated heterocycles. The molecule has 2 bridgehead atoms. The van der Waals surface area contributed by atoms with Crippen LogP contribution in [0.4, 0.5) is 0 Å². The van der Waals surface area contributed by atoms with Crippen molar-refractivity contribution in [2.45, 2.75) is 119 Å². The number of nitrogens with one attached hydrogen (secondary N) is 3. The quantitative estimate of drug-likeness (QED) is 0.277. The first-order valence-corrected chi connectivity index (χ1v) is 21.3. The normalized spacial score (nSPS) is 33.3. The minimum atomic E-state index is -3.90. The van der Waals surface area contributed by atoms with Crippen LogP contribution in [0.5, 0.6) is 5.88 Å². The van der Waals surface area contributed by atoms with Gasteiger partial charge in [-0.1, -0.05) is 43.2 Å². The zero-order valence-electron chi connectivity index (χ0n) is 31.2. The third kappa shape index (κ3) is 7.34. The van der Waals surface area contributed by atoms with Crippen molar-refractivity contribution in [2.24, 2.45) is 23.7 Å². The molecule has 2 aliphatic heterocycles. The first-order valence-electron chi connectivity index (χ1n) is 19.8. The summed E-state index contributed by atoms with van der Waals surface area (Å²) >= 11 is 0. The molecule has 1 aromatic heterocycles. The van der Waals surface area contributed by atoms with E-state index in [0.29, 0.717) is 35.7 Å². The van der Waals surface area contributed by atoms with Crippen molar-refractivity contribution in [3.05, 3.63) is 64.9 Å². The maximum Gasteiger partial charge on any atom is 0.307 e. The van der Waals surface area contributed by atoms with Crippen LogP contribution >= 0.6 is 0 Å². The van der Waals surface area contributed by atoms with Gasteiger partial charge in [-0.05, 0) is 82.8 Å². The predicted octanol–water partition coefficient (Wildman–Crippen LogP) is 3.96. The number of nitrogens with zero attached hydrogens (tertiary/aromatic N) is 1. The molecule has 1 aromatic carbocycles.